The van der Waals surface area contributed by atoms with Gasteiger partial charge in [0.15, 0.2) is 0 Å². The van der Waals surface area contributed by atoms with Crippen molar-refractivity contribution in [2.75, 3.05) is 19.8 Å². The quantitative estimate of drug-likeness (QED) is 0.553. The van der Waals surface area contributed by atoms with Crippen molar-refractivity contribution in [1.29, 1.82) is 0 Å². The second-order valence-corrected chi connectivity index (χ2v) is 5.43. The van der Waals surface area contributed by atoms with Crippen LogP contribution in [-0.2, 0) is 0 Å². The summed E-state index contributed by atoms with van der Waals surface area (Å²) in [5.41, 5.74) is 5.62. The molecule has 0 saturated heterocycles. The Kier molecular flexibility index (Phi) is 8.01. The molecular weight excluding hydrogens is 214 g/mol. The maximum Gasteiger partial charge on any atom is 0.0521 e. The van der Waals surface area contributed by atoms with Crippen LogP contribution in [0.25, 0.3) is 0 Å². The van der Waals surface area contributed by atoms with E-state index in [0.29, 0.717) is 12.0 Å². The summed E-state index contributed by atoms with van der Waals surface area (Å²) in [5.74, 6) is 0. The molecule has 0 heterocycles. The van der Waals surface area contributed by atoms with Gasteiger partial charge in [0.25, 0.3) is 0 Å². The van der Waals surface area contributed by atoms with Crippen LogP contribution in [0, 0.1) is 10.8 Å². The van der Waals surface area contributed by atoms with Crippen molar-refractivity contribution in [1.82, 2.24) is 0 Å². The SMILES string of the molecule is CCC(CC)(CC)CCCC(CN)(CO)CO. The minimum Gasteiger partial charge on any atom is -0.396 e. The Balaban J connectivity index is 4.28. The molecule has 3 heteroatoms. The lowest BCUT2D eigenvalue weighted by atomic mass is 9.73. The van der Waals surface area contributed by atoms with Gasteiger partial charge in [0.05, 0.1) is 13.2 Å². The van der Waals surface area contributed by atoms with E-state index in [-0.39, 0.29) is 13.2 Å². The van der Waals surface area contributed by atoms with Gasteiger partial charge in [-0.05, 0) is 18.3 Å². The molecule has 3 nitrogen and oxygen atoms in total. The zero-order valence-corrected chi connectivity index (χ0v) is 11.8. The summed E-state index contributed by atoms with van der Waals surface area (Å²) in [6.07, 6.45) is 6.62. The van der Waals surface area contributed by atoms with Crippen molar-refractivity contribution in [3.05, 3.63) is 0 Å². The van der Waals surface area contributed by atoms with E-state index in [0.717, 1.165) is 19.3 Å². The second kappa shape index (κ2) is 8.06. The van der Waals surface area contributed by atoms with Gasteiger partial charge in [-0.3, -0.25) is 0 Å². The van der Waals surface area contributed by atoms with Gasteiger partial charge in [0.2, 0.25) is 0 Å². The van der Waals surface area contributed by atoms with E-state index in [1.165, 1.54) is 19.3 Å². The lowest BCUT2D eigenvalue weighted by Crippen LogP contribution is -2.38. The zero-order valence-electron chi connectivity index (χ0n) is 11.8. The van der Waals surface area contributed by atoms with Crippen molar-refractivity contribution in [3.63, 3.8) is 0 Å². The van der Waals surface area contributed by atoms with Crippen LogP contribution in [0.2, 0.25) is 0 Å². The fourth-order valence-electron chi connectivity index (χ4n) is 2.56. The van der Waals surface area contributed by atoms with Crippen molar-refractivity contribution >= 4 is 0 Å². The minimum absolute atomic E-state index is 0.0165. The highest BCUT2D eigenvalue weighted by Gasteiger charge is 2.29. The molecule has 0 rings (SSSR count). The number of rotatable bonds is 10. The molecule has 4 N–H and O–H groups in total. The highest BCUT2D eigenvalue weighted by atomic mass is 16.3. The third-order valence-corrected chi connectivity index (χ3v) is 4.77. The predicted octanol–water partition coefficient (Wildman–Crippen LogP) is 2.30. The van der Waals surface area contributed by atoms with Crippen LogP contribution >= 0.6 is 0 Å². The molecule has 0 unspecified atom stereocenters. The molecule has 0 atom stereocenters. The summed E-state index contributed by atoms with van der Waals surface area (Å²) < 4.78 is 0. The lowest BCUT2D eigenvalue weighted by molar-refractivity contribution is 0.0480. The Morgan fingerprint density at radius 3 is 1.53 bits per heavy atom. The summed E-state index contributed by atoms with van der Waals surface area (Å²) in [5, 5.41) is 18.7. The van der Waals surface area contributed by atoms with Crippen LogP contribution in [0.4, 0.5) is 0 Å². The fraction of sp³-hybridized carbons (Fsp3) is 1.00. The average molecular weight is 245 g/mol. The Morgan fingerprint density at radius 1 is 0.824 bits per heavy atom. The molecule has 0 bridgehead atoms. The van der Waals surface area contributed by atoms with Gasteiger partial charge in [0.1, 0.15) is 0 Å². The van der Waals surface area contributed by atoms with Gasteiger partial charge >= 0.3 is 0 Å². The first-order valence-corrected chi connectivity index (χ1v) is 6.99. The predicted molar refractivity (Wildman–Crippen MR) is 72.8 cm³/mol. The lowest BCUT2D eigenvalue weighted by Gasteiger charge is -2.33. The van der Waals surface area contributed by atoms with Gasteiger partial charge < -0.3 is 15.9 Å². The summed E-state index contributed by atoms with van der Waals surface area (Å²) in [6.45, 7) is 7.08. The monoisotopic (exact) mass is 245 g/mol. The molecule has 0 aliphatic carbocycles. The van der Waals surface area contributed by atoms with Crippen LogP contribution in [0.3, 0.4) is 0 Å². The van der Waals surface area contributed by atoms with Crippen molar-refractivity contribution in [2.24, 2.45) is 16.6 Å². The minimum atomic E-state index is -0.471. The number of aliphatic hydroxyl groups excluding tert-OH is 2. The highest BCUT2D eigenvalue weighted by Crippen LogP contribution is 2.37. The standard InChI is InChI=1S/C14H31NO2/c1-4-13(5-2,6-3)8-7-9-14(10-15,11-16)12-17/h16-17H,4-12,15H2,1-3H3. The van der Waals surface area contributed by atoms with Gasteiger partial charge in [-0.15, -0.1) is 0 Å². The van der Waals surface area contributed by atoms with Crippen LogP contribution in [0.1, 0.15) is 59.3 Å². The topological polar surface area (TPSA) is 66.5 Å². The number of hydrogen-bond acceptors (Lipinski definition) is 3. The number of aliphatic hydroxyl groups is 2. The van der Waals surface area contributed by atoms with Crippen molar-refractivity contribution in [3.8, 4) is 0 Å². The first kappa shape index (κ1) is 16.9. The summed E-state index contributed by atoms with van der Waals surface area (Å²) in [6, 6.07) is 0. The van der Waals surface area contributed by atoms with Crippen LogP contribution in [-0.4, -0.2) is 30.0 Å². The van der Waals surface area contributed by atoms with E-state index in [1.807, 2.05) is 0 Å². The Hall–Kier alpha value is -0.120. The largest absolute Gasteiger partial charge is 0.396 e. The Labute approximate surface area is 106 Å². The summed E-state index contributed by atoms with van der Waals surface area (Å²) >= 11 is 0. The van der Waals surface area contributed by atoms with Gasteiger partial charge in [-0.2, -0.15) is 0 Å². The molecule has 0 saturated carbocycles. The van der Waals surface area contributed by atoms with Crippen molar-refractivity contribution in [2.45, 2.75) is 59.3 Å². The third-order valence-electron chi connectivity index (χ3n) is 4.77. The Morgan fingerprint density at radius 2 is 1.24 bits per heavy atom. The van der Waals surface area contributed by atoms with Gasteiger partial charge in [-0.1, -0.05) is 46.5 Å². The molecular formula is C14H31NO2. The Bertz CT molecular complexity index is 150. The molecule has 0 aromatic heterocycles. The molecule has 0 amide bonds. The van der Waals surface area contributed by atoms with Gasteiger partial charge in [-0.25, -0.2) is 0 Å². The maximum absolute atomic E-state index is 9.34. The first-order chi connectivity index (χ1) is 8.07. The van der Waals surface area contributed by atoms with E-state index < -0.39 is 5.41 Å². The average Bonchev–Trinajstić information content (AvgIpc) is 2.41. The number of hydrogen-bond donors (Lipinski definition) is 3. The van der Waals surface area contributed by atoms with Crippen molar-refractivity contribution < 1.29 is 10.2 Å². The van der Waals surface area contributed by atoms with E-state index in [1.54, 1.807) is 0 Å². The van der Waals surface area contributed by atoms with Gasteiger partial charge in [0, 0.05) is 12.0 Å². The first-order valence-electron chi connectivity index (χ1n) is 6.99. The normalized spacial score (nSPS) is 13.1. The molecule has 0 radical (unpaired) electrons. The molecule has 0 fully saturated rings. The smallest absolute Gasteiger partial charge is 0.0521 e. The molecule has 0 aromatic rings. The third kappa shape index (κ3) is 4.57. The van der Waals surface area contributed by atoms with Crippen LogP contribution in [0.15, 0.2) is 0 Å². The van der Waals surface area contributed by atoms with E-state index >= 15 is 0 Å². The van der Waals surface area contributed by atoms with E-state index in [4.69, 9.17) is 5.73 Å². The number of nitrogens with two attached hydrogens (primary N) is 1. The molecule has 0 spiro atoms. The highest BCUT2D eigenvalue weighted by molar-refractivity contribution is 4.81. The zero-order chi connectivity index (χ0) is 13.4. The molecule has 0 aromatic carbocycles. The molecule has 17 heavy (non-hydrogen) atoms. The summed E-state index contributed by atoms with van der Waals surface area (Å²) in [7, 11) is 0. The van der Waals surface area contributed by atoms with E-state index in [2.05, 4.69) is 20.8 Å². The molecule has 0 aliphatic heterocycles. The van der Waals surface area contributed by atoms with Crippen LogP contribution in [0.5, 0.6) is 0 Å². The van der Waals surface area contributed by atoms with E-state index in [9.17, 15) is 10.2 Å². The molecule has 104 valence electrons. The molecule has 0 aliphatic rings. The van der Waals surface area contributed by atoms with Crippen LogP contribution < -0.4 is 5.73 Å². The second-order valence-electron chi connectivity index (χ2n) is 5.43. The maximum atomic E-state index is 9.34. The summed E-state index contributed by atoms with van der Waals surface area (Å²) in [4.78, 5) is 0. The fourth-order valence-corrected chi connectivity index (χ4v) is 2.56.